The zero-order valence-corrected chi connectivity index (χ0v) is 21.0. The summed E-state index contributed by atoms with van der Waals surface area (Å²) in [6.45, 7) is 1.56. The summed E-state index contributed by atoms with van der Waals surface area (Å²) in [7, 11) is 0. The maximum absolute atomic E-state index is 12.8. The Morgan fingerprint density at radius 1 is 1.00 bits per heavy atom. The summed E-state index contributed by atoms with van der Waals surface area (Å²) >= 11 is 0. The van der Waals surface area contributed by atoms with E-state index in [9.17, 15) is 14.7 Å². The van der Waals surface area contributed by atoms with Gasteiger partial charge in [0.1, 0.15) is 18.0 Å². The van der Waals surface area contributed by atoms with Crippen LogP contribution in [0.1, 0.15) is 42.7 Å². The third-order valence-corrected chi connectivity index (χ3v) is 7.70. The van der Waals surface area contributed by atoms with E-state index >= 15 is 0 Å². The third-order valence-electron chi connectivity index (χ3n) is 7.70. The zero-order chi connectivity index (χ0) is 26.1. The number of anilines is 1. The molecule has 0 spiro atoms. The van der Waals surface area contributed by atoms with Crippen LogP contribution in [0.3, 0.4) is 0 Å². The van der Waals surface area contributed by atoms with E-state index in [2.05, 4.69) is 10.6 Å². The van der Waals surface area contributed by atoms with Crippen LogP contribution in [-0.2, 0) is 25.6 Å². The largest absolute Gasteiger partial charge is 0.487 e. The molecule has 4 aliphatic rings. The molecule has 0 bridgehead atoms. The third kappa shape index (κ3) is 5.16. The first-order valence-corrected chi connectivity index (χ1v) is 13.2. The predicted octanol–water partition coefficient (Wildman–Crippen LogP) is 2.48. The lowest BCUT2D eigenvalue weighted by Crippen LogP contribution is -2.47. The molecule has 0 saturated carbocycles. The number of fused-ring (bicyclic) bond motifs is 4. The summed E-state index contributed by atoms with van der Waals surface area (Å²) in [5.41, 5.74) is 2.59. The maximum atomic E-state index is 12.8. The highest BCUT2D eigenvalue weighted by molar-refractivity contribution is 5.92. The summed E-state index contributed by atoms with van der Waals surface area (Å²) in [5.74, 6) is 1.85. The van der Waals surface area contributed by atoms with Crippen LogP contribution in [-0.4, -0.2) is 61.8 Å². The Balaban J connectivity index is 1.09. The van der Waals surface area contributed by atoms with Gasteiger partial charge >= 0.3 is 0 Å². The molecule has 202 valence electrons. The minimum atomic E-state index is -0.548. The molecule has 4 atom stereocenters. The molecule has 0 aromatic heterocycles. The second-order valence-electron chi connectivity index (χ2n) is 10.2. The van der Waals surface area contributed by atoms with Gasteiger partial charge in [-0.25, -0.2) is 0 Å². The fraction of sp³-hybridized carbons (Fsp3) is 0.500. The molecule has 2 aromatic rings. The van der Waals surface area contributed by atoms with Crippen molar-refractivity contribution < 1.29 is 38.4 Å². The van der Waals surface area contributed by atoms with Crippen LogP contribution in [0.5, 0.6) is 17.2 Å². The van der Waals surface area contributed by atoms with Gasteiger partial charge in [-0.3, -0.25) is 9.59 Å². The Labute approximate surface area is 220 Å². The minimum absolute atomic E-state index is 0.000865. The summed E-state index contributed by atoms with van der Waals surface area (Å²) in [4.78, 5) is 25.5. The molecule has 2 fully saturated rings. The second kappa shape index (κ2) is 10.8. The van der Waals surface area contributed by atoms with Gasteiger partial charge < -0.3 is 39.4 Å². The van der Waals surface area contributed by atoms with Gasteiger partial charge in [0.05, 0.1) is 19.1 Å². The number of aliphatic hydroxyl groups excluding tert-OH is 1. The molecule has 4 aliphatic heterocycles. The van der Waals surface area contributed by atoms with Crippen LogP contribution < -0.4 is 24.8 Å². The molecule has 10 nitrogen and oxygen atoms in total. The molecule has 0 unspecified atom stereocenters. The first-order chi connectivity index (χ1) is 18.6. The Kier molecular flexibility index (Phi) is 7.10. The number of carbonyl (C=O) groups is 2. The van der Waals surface area contributed by atoms with Crippen molar-refractivity contribution in [1.82, 2.24) is 5.32 Å². The quantitative estimate of drug-likeness (QED) is 0.505. The van der Waals surface area contributed by atoms with E-state index in [0.717, 1.165) is 35.4 Å². The average Bonchev–Trinajstić information content (AvgIpc) is 3.56. The Bertz CT molecular complexity index is 1200. The van der Waals surface area contributed by atoms with Crippen LogP contribution in [0.4, 0.5) is 5.69 Å². The van der Waals surface area contributed by atoms with Crippen LogP contribution in [0.15, 0.2) is 36.4 Å². The number of rotatable bonds is 7. The van der Waals surface area contributed by atoms with Crippen molar-refractivity contribution in [2.75, 3.05) is 31.9 Å². The summed E-state index contributed by atoms with van der Waals surface area (Å²) in [6, 6.07) is 11.2. The fourth-order valence-corrected chi connectivity index (χ4v) is 5.70. The monoisotopic (exact) mass is 524 g/mol. The topological polar surface area (TPSA) is 125 Å². The first kappa shape index (κ1) is 25.0. The predicted molar refractivity (Wildman–Crippen MR) is 135 cm³/mol. The number of hydrogen-bond donors (Lipinski definition) is 3. The van der Waals surface area contributed by atoms with E-state index in [1.165, 1.54) is 0 Å². The van der Waals surface area contributed by atoms with Crippen molar-refractivity contribution in [3.05, 3.63) is 47.5 Å². The van der Waals surface area contributed by atoms with Gasteiger partial charge in [-0.05, 0) is 55.2 Å². The zero-order valence-electron chi connectivity index (χ0n) is 21.0. The van der Waals surface area contributed by atoms with Crippen molar-refractivity contribution >= 4 is 17.5 Å². The summed E-state index contributed by atoms with van der Waals surface area (Å²) < 4.78 is 28.3. The highest BCUT2D eigenvalue weighted by atomic mass is 16.7. The van der Waals surface area contributed by atoms with Gasteiger partial charge in [0.25, 0.3) is 0 Å². The van der Waals surface area contributed by atoms with Gasteiger partial charge in [0, 0.05) is 42.8 Å². The van der Waals surface area contributed by atoms with Crippen LogP contribution in [0, 0.1) is 5.92 Å². The lowest BCUT2D eigenvalue weighted by molar-refractivity contribution is -0.142. The number of nitrogens with one attached hydrogen (secondary N) is 2. The second-order valence-corrected chi connectivity index (χ2v) is 10.2. The number of ether oxygens (including phenoxy) is 5. The number of hydrogen-bond acceptors (Lipinski definition) is 8. The molecule has 38 heavy (non-hydrogen) atoms. The Morgan fingerprint density at radius 2 is 1.82 bits per heavy atom. The van der Waals surface area contributed by atoms with E-state index in [4.69, 9.17) is 23.7 Å². The summed E-state index contributed by atoms with van der Waals surface area (Å²) in [6.07, 6.45) is 0.914. The molecule has 10 heteroatoms. The molecule has 2 amide bonds. The molecule has 0 aliphatic carbocycles. The minimum Gasteiger partial charge on any atom is -0.487 e. The molecule has 3 N–H and O–H groups in total. The molecule has 0 radical (unpaired) electrons. The first-order valence-electron chi connectivity index (χ1n) is 13.2. The molecule has 2 aromatic carbocycles. The molecular weight excluding hydrogens is 492 g/mol. The molecular formula is C28H32N2O8. The van der Waals surface area contributed by atoms with Crippen molar-refractivity contribution in [3.8, 4) is 17.2 Å². The highest BCUT2D eigenvalue weighted by Gasteiger charge is 2.46. The normalized spacial score (nSPS) is 25.7. The maximum Gasteiger partial charge on any atom is 0.231 e. The molecule has 2 saturated heterocycles. The number of benzene rings is 2. The standard InChI is InChI=1S/C28H32N2O8/c31-14-25-27-21(20-10-18(2-4-22(20)38-27)30-28(33)17-5-7-34-8-6-17)11-19(37-25)12-26(32)29-13-16-1-3-23-24(9-16)36-15-35-23/h1-4,9-10,17,19,21,25,27,31H,5-8,11-15H2,(H,29,32)(H,30,33)/t19-,21-,25+,27+/m1/s1. The summed E-state index contributed by atoms with van der Waals surface area (Å²) in [5, 5.41) is 16.0. The van der Waals surface area contributed by atoms with E-state index in [1.807, 2.05) is 36.4 Å². The average molecular weight is 525 g/mol. The number of amides is 2. The van der Waals surface area contributed by atoms with Crippen molar-refractivity contribution in [1.29, 1.82) is 0 Å². The smallest absolute Gasteiger partial charge is 0.231 e. The fourth-order valence-electron chi connectivity index (χ4n) is 5.70. The Morgan fingerprint density at radius 3 is 2.66 bits per heavy atom. The molecule has 6 rings (SSSR count). The van der Waals surface area contributed by atoms with E-state index in [1.54, 1.807) is 0 Å². The van der Waals surface area contributed by atoms with Crippen molar-refractivity contribution in [3.63, 3.8) is 0 Å². The number of carbonyl (C=O) groups excluding carboxylic acids is 2. The van der Waals surface area contributed by atoms with Gasteiger partial charge in [-0.15, -0.1) is 0 Å². The van der Waals surface area contributed by atoms with Gasteiger partial charge in [0.2, 0.25) is 18.6 Å². The van der Waals surface area contributed by atoms with E-state index < -0.39 is 6.10 Å². The van der Waals surface area contributed by atoms with Gasteiger partial charge in [-0.1, -0.05) is 6.07 Å². The Hall–Kier alpha value is -3.34. The van der Waals surface area contributed by atoms with Crippen LogP contribution in [0.2, 0.25) is 0 Å². The van der Waals surface area contributed by atoms with E-state index in [0.29, 0.717) is 37.7 Å². The highest BCUT2D eigenvalue weighted by Crippen LogP contribution is 2.47. The van der Waals surface area contributed by atoms with Gasteiger partial charge in [-0.2, -0.15) is 0 Å². The van der Waals surface area contributed by atoms with Crippen molar-refractivity contribution in [2.45, 2.75) is 56.5 Å². The van der Waals surface area contributed by atoms with Gasteiger partial charge in [0.15, 0.2) is 11.5 Å². The molecule has 4 heterocycles. The lowest BCUT2D eigenvalue weighted by Gasteiger charge is -2.37. The van der Waals surface area contributed by atoms with Crippen molar-refractivity contribution in [2.24, 2.45) is 5.92 Å². The van der Waals surface area contributed by atoms with E-state index in [-0.39, 0.29) is 55.7 Å². The van der Waals surface area contributed by atoms with Crippen LogP contribution in [0.25, 0.3) is 0 Å². The SMILES string of the molecule is O=C(C[C@H]1C[C@@H]2c3cc(NC(=O)C4CCOCC4)ccc3O[C@@H]2[C@H](CO)O1)NCc1ccc2c(c1)OCO2. The number of aliphatic hydroxyl groups is 1. The lowest BCUT2D eigenvalue weighted by atomic mass is 9.84. The van der Waals surface area contributed by atoms with Crippen LogP contribution >= 0.6 is 0 Å².